The van der Waals surface area contributed by atoms with Crippen molar-refractivity contribution < 1.29 is 33.4 Å². The number of carbonyl (C=O) groups is 4. The van der Waals surface area contributed by atoms with E-state index < -0.39 is 24.3 Å². The highest BCUT2D eigenvalue weighted by atomic mass is 16.5. The second-order valence-electron chi connectivity index (χ2n) is 14.1. The van der Waals surface area contributed by atoms with Crippen LogP contribution in [-0.4, -0.2) is 100 Å². The van der Waals surface area contributed by atoms with Crippen molar-refractivity contribution in [2.45, 2.75) is 58.7 Å². The van der Waals surface area contributed by atoms with E-state index in [-0.39, 0.29) is 36.1 Å². The smallest absolute Gasteiger partial charge is 0.411 e. The van der Waals surface area contributed by atoms with Crippen LogP contribution < -0.4 is 10.6 Å². The summed E-state index contributed by atoms with van der Waals surface area (Å²) in [6, 6.07) is 14.9. The number of amides is 4. The number of aromatic nitrogens is 4. The van der Waals surface area contributed by atoms with E-state index in [0.29, 0.717) is 36.9 Å². The molecule has 0 radical (unpaired) electrons. The van der Waals surface area contributed by atoms with Gasteiger partial charge in [-0.05, 0) is 60.4 Å². The number of rotatable bonds is 10. The third-order valence-electron chi connectivity index (χ3n) is 9.99. The molecule has 3 atom stereocenters. The highest BCUT2D eigenvalue weighted by molar-refractivity contribution is 5.97. The highest BCUT2D eigenvalue weighted by Gasteiger charge is 2.38. The molecule has 4 heterocycles. The molecule has 55 heavy (non-hydrogen) atoms. The van der Waals surface area contributed by atoms with E-state index >= 15 is 0 Å². The van der Waals surface area contributed by atoms with Crippen LogP contribution in [0.4, 0.5) is 9.59 Å². The Kier molecular flexibility index (Phi) is 12.0. The third-order valence-corrected chi connectivity index (χ3v) is 9.99. The van der Waals surface area contributed by atoms with E-state index in [4.69, 9.17) is 14.2 Å². The van der Waals surface area contributed by atoms with E-state index in [1.165, 1.54) is 14.2 Å². The Balaban J connectivity index is 1.12. The van der Waals surface area contributed by atoms with Crippen molar-refractivity contribution >= 4 is 24.0 Å². The van der Waals surface area contributed by atoms with Crippen molar-refractivity contribution in [1.82, 2.24) is 40.4 Å². The maximum absolute atomic E-state index is 13.6. The van der Waals surface area contributed by atoms with E-state index in [2.05, 4.69) is 42.7 Å². The minimum Gasteiger partial charge on any atom is -0.453 e. The second kappa shape index (κ2) is 17.0. The first kappa shape index (κ1) is 38.8. The normalized spacial score (nSPS) is 17.4. The second-order valence-corrected chi connectivity index (χ2v) is 14.1. The number of methoxy groups -OCH3 is 2. The quantitative estimate of drug-likeness (QED) is 0.147. The molecular weight excluding hydrogens is 704 g/mol. The van der Waals surface area contributed by atoms with Crippen LogP contribution in [0.15, 0.2) is 72.2 Å². The summed E-state index contributed by atoms with van der Waals surface area (Å²) in [5.41, 5.74) is 6.42. The lowest BCUT2D eigenvalue weighted by atomic mass is 10.0. The summed E-state index contributed by atoms with van der Waals surface area (Å²) in [7, 11) is 2.54. The molecule has 15 nitrogen and oxygen atoms in total. The van der Waals surface area contributed by atoms with Gasteiger partial charge in [0.1, 0.15) is 29.4 Å². The Hall–Kier alpha value is -5.96. The predicted octanol–water partition coefficient (Wildman–Crippen LogP) is 5.73. The summed E-state index contributed by atoms with van der Waals surface area (Å²) in [5, 5.41) is 5.24. The van der Waals surface area contributed by atoms with Crippen molar-refractivity contribution in [1.29, 1.82) is 0 Å². The lowest BCUT2D eigenvalue weighted by Crippen LogP contribution is -2.51. The molecule has 6 rings (SSSR count). The van der Waals surface area contributed by atoms with E-state index in [1.807, 2.05) is 50.2 Å². The molecule has 4 amide bonds. The topological polar surface area (TPSA) is 184 Å². The number of nitrogens with zero attached hydrogens (tertiary/aromatic N) is 4. The lowest BCUT2D eigenvalue weighted by Gasteiger charge is -2.35. The molecule has 290 valence electrons. The number of aromatic amines is 2. The van der Waals surface area contributed by atoms with Gasteiger partial charge in [-0.3, -0.25) is 14.9 Å². The Bertz CT molecular complexity index is 2030. The molecule has 0 aliphatic carbocycles. The number of likely N-dealkylation sites (tertiary alicyclic amines) is 1. The Morgan fingerprint density at radius 3 is 1.85 bits per heavy atom. The number of allylic oxidation sites excluding steroid dienone is 1. The molecule has 0 saturated carbocycles. The number of nitrogens with one attached hydrogen (secondary N) is 4. The fraction of sp³-hybridized carbons (Fsp3) is 0.400. The zero-order valence-corrected chi connectivity index (χ0v) is 32.0. The van der Waals surface area contributed by atoms with Crippen LogP contribution in [0.3, 0.4) is 0 Å². The van der Waals surface area contributed by atoms with Gasteiger partial charge in [0.2, 0.25) is 5.91 Å². The number of carbonyl (C=O) groups excluding carboxylic acids is 4. The molecule has 2 aromatic carbocycles. The molecule has 0 spiro atoms. The van der Waals surface area contributed by atoms with Crippen LogP contribution >= 0.6 is 0 Å². The number of imidazole rings is 2. The van der Waals surface area contributed by atoms with Gasteiger partial charge in [0.05, 0.1) is 57.3 Å². The number of alkyl carbamates (subject to hydrolysis) is 2. The minimum absolute atomic E-state index is 0.110. The number of morpholine rings is 1. The average Bonchev–Trinajstić information content (AvgIpc) is 4.00. The summed E-state index contributed by atoms with van der Waals surface area (Å²) in [6.45, 7) is 8.86. The molecule has 0 bridgehead atoms. The largest absolute Gasteiger partial charge is 0.453 e. The Labute approximate surface area is 319 Å². The van der Waals surface area contributed by atoms with Crippen molar-refractivity contribution in [3.63, 3.8) is 0 Å². The maximum Gasteiger partial charge on any atom is 0.411 e. The van der Waals surface area contributed by atoms with Crippen molar-refractivity contribution in [2.24, 2.45) is 5.92 Å². The number of H-pyrrole nitrogens is 2. The zero-order valence-electron chi connectivity index (χ0n) is 32.0. The first-order valence-electron chi connectivity index (χ1n) is 18.4. The van der Waals surface area contributed by atoms with Crippen molar-refractivity contribution in [3.8, 4) is 33.6 Å². The van der Waals surface area contributed by atoms with Gasteiger partial charge in [0.25, 0.3) is 5.91 Å². The van der Waals surface area contributed by atoms with Gasteiger partial charge in [0, 0.05) is 13.1 Å². The first-order chi connectivity index (χ1) is 26.5. The maximum atomic E-state index is 13.6. The minimum atomic E-state index is -0.712. The van der Waals surface area contributed by atoms with Gasteiger partial charge < -0.3 is 39.3 Å². The summed E-state index contributed by atoms with van der Waals surface area (Å²) < 4.78 is 15.2. The fourth-order valence-electron chi connectivity index (χ4n) is 6.95. The zero-order chi connectivity index (χ0) is 39.2. The van der Waals surface area contributed by atoms with E-state index in [1.54, 1.807) is 36.0 Å². The van der Waals surface area contributed by atoms with Crippen LogP contribution in [0.25, 0.3) is 33.6 Å². The van der Waals surface area contributed by atoms with Crippen LogP contribution in [0, 0.1) is 5.92 Å². The van der Waals surface area contributed by atoms with Crippen LogP contribution in [0.1, 0.15) is 64.3 Å². The number of ether oxygens (including phenoxy) is 3. The molecular formula is C40H48N8O7. The monoisotopic (exact) mass is 752 g/mol. The van der Waals surface area contributed by atoms with Gasteiger partial charge in [-0.15, -0.1) is 0 Å². The standard InChI is InChI=1S/C40H48N8O7/c1-23(2)33(45-39(51)53-5)37(49)47-17-7-8-31(47)35-41-20-29(43-35)27-13-9-25(10-14-27)26-11-15-28(16-12-26)30-21-42-36(44-30)32-22-55-19-18-48(32)38(50)34(24(3)4)46-40(52)54-6/h9-16,20-21,23,31-33H,7-8,17-19,22H2,1-6H3,(H,41,43)(H,42,44)(H,45,51)(H,46,52)/t31?,32-,33-/m0/s1. The summed E-state index contributed by atoms with van der Waals surface area (Å²) >= 11 is 0. The highest BCUT2D eigenvalue weighted by Crippen LogP contribution is 2.34. The summed E-state index contributed by atoms with van der Waals surface area (Å²) in [6.07, 6.45) is 3.81. The molecule has 2 saturated heterocycles. The Morgan fingerprint density at radius 1 is 0.782 bits per heavy atom. The molecule has 2 aliphatic heterocycles. The molecule has 4 N–H and O–H groups in total. The van der Waals surface area contributed by atoms with E-state index in [9.17, 15) is 19.2 Å². The van der Waals surface area contributed by atoms with E-state index in [0.717, 1.165) is 46.5 Å². The van der Waals surface area contributed by atoms with Crippen LogP contribution in [0.5, 0.6) is 0 Å². The molecule has 15 heteroatoms. The van der Waals surface area contributed by atoms with Gasteiger partial charge in [-0.2, -0.15) is 0 Å². The Morgan fingerprint density at radius 2 is 1.33 bits per heavy atom. The van der Waals surface area contributed by atoms with Gasteiger partial charge in [0.15, 0.2) is 0 Å². The van der Waals surface area contributed by atoms with Gasteiger partial charge in [-0.25, -0.2) is 19.6 Å². The molecule has 2 fully saturated rings. The van der Waals surface area contributed by atoms with Gasteiger partial charge in [-0.1, -0.05) is 62.4 Å². The average molecular weight is 753 g/mol. The summed E-state index contributed by atoms with van der Waals surface area (Å²) in [4.78, 5) is 70.5. The molecule has 2 aliphatic rings. The van der Waals surface area contributed by atoms with Crippen LogP contribution in [0.2, 0.25) is 0 Å². The fourth-order valence-corrected chi connectivity index (χ4v) is 6.95. The molecule has 2 aromatic heterocycles. The van der Waals surface area contributed by atoms with Crippen molar-refractivity contribution in [3.05, 3.63) is 83.8 Å². The number of hydrogen-bond acceptors (Lipinski definition) is 9. The first-order valence-corrected chi connectivity index (χ1v) is 18.4. The molecule has 4 aromatic rings. The predicted molar refractivity (Wildman–Crippen MR) is 204 cm³/mol. The summed E-state index contributed by atoms with van der Waals surface area (Å²) in [5.74, 6) is 0.705. The lowest BCUT2D eigenvalue weighted by molar-refractivity contribution is -0.137. The van der Waals surface area contributed by atoms with Crippen molar-refractivity contribution in [2.75, 3.05) is 40.5 Å². The SMILES string of the molecule is COC(=O)NC(C(=O)N1CCOC[C@H]1c1ncc(-c2ccc(-c3ccc(-c4cnc(C5CCCN5C(=O)[C@@H](NC(=O)OC)C(C)C)[nH]4)cc3)cc2)[nH]1)=C(C)C. The number of benzene rings is 2. The number of hydrogen-bond donors (Lipinski definition) is 4. The third kappa shape index (κ3) is 8.56. The van der Waals surface area contributed by atoms with Gasteiger partial charge >= 0.3 is 12.2 Å². The molecule has 1 unspecified atom stereocenters. The van der Waals surface area contributed by atoms with Crippen LogP contribution in [-0.2, 0) is 23.8 Å².